The Morgan fingerprint density at radius 3 is 1.45 bits per heavy atom. The van der Waals surface area contributed by atoms with E-state index < -0.39 is 0 Å². The summed E-state index contributed by atoms with van der Waals surface area (Å²) < 4.78 is 18.8. The average Bonchev–Trinajstić information content (AvgIpc) is 4.11. The zero-order chi connectivity index (χ0) is 40.2. The second kappa shape index (κ2) is 12.1. The first-order valence-electron chi connectivity index (χ1n) is 21.1. The van der Waals surface area contributed by atoms with Gasteiger partial charge in [0.15, 0.2) is 0 Å². The van der Waals surface area contributed by atoms with Gasteiger partial charge in [-0.25, -0.2) is 0 Å². The van der Waals surface area contributed by atoms with E-state index >= 15 is 0 Å². The lowest BCUT2D eigenvalue weighted by Crippen LogP contribution is -1.92. The van der Waals surface area contributed by atoms with Crippen molar-refractivity contribution in [1.29, 1.82) is 0 Å². The molecule has 0 unspecified atom stereocenters. The molecule has 0 amide bonds. The quantitative estimate of drug-likeness (QED) is 0.162. The molecule has 4 heteroatoms. The van der Waals surface area contributed by atoms with Gasteiger partial charge in [-0.2, -0.15) is 0 Å². The van der Waals surface area contributed by atoms with Crippen LogP contribution in [0.15, 0.2) is 191 Å². The van der Waals surface area contributed by atoms with Crippen molar-refractivity contribution in [1.82, 2.24) is 0 Å². The summed E-state index contributed by atoms with van der Waals surface area (Å²) in [6, 6.07) is 66.7. The third kappa shape index (κ3) is 4.27. The first-order valence-corrected chi connectivity index (χ1v) is 22.7. The maximum Gasteiger partial charge on any atom is 0.143 e. The summed E-state index contributed by atoms with van der Waals surface area (Å²) in [5.41, 5.74) is 8.35. The molecule has 62 heavy (non-hydrogen) atoms. The monoisotopic (exact) mass is 822 g/mol. The fraction of sp³-hybridized carbons (Fsp3) is 0. The van der Waals surface area contributed by atoms with Gasteiger partial charge in [-0.15, -0.1) is 22.7 Å². The van der Waals surface area contributed by atoms with Gasteiger partial charge in [0, 0.05) is 89.4 Å². The lowest BCUT2D eigenvalue weighted by Gasteiger charge is -2.19. The standard InChI is InChI=1S/C58H30O2S2/c1-3-15-35-33(13-1)51(41-29-31-25-27-45-53(37-17-5-9-21-43(37)59-45)49(31)55-38-18-6-10-22-44(38)60-57(41)55)34-14-2-4-16-36(34)52(35)42-30-32-26-28-48-54(39-19-7-11-23-46(39)61-48)50(32)56-40-20-8-12-24-47(40)62-58(42)56/h1-30H. The first-order chi connectivity index (χ1) is 30.8. The molecule has 286 valence electrons. The number of fused-ring (bicyclic) bond motifs is 20. The van der Waals surface area contributed by atoms with Crippen molar-refractivity contribution in [3.05, 3.63) is 182 Å². The van der Waals surface area contributed by atoms with Crippen LogP contribution in [-0.4, -0.2) is 0 Å². The van der Waals surface area contributed by atoms with Crippen molar-refractivity contribution in [2.75, 3.05) is 0 Å². The molecule has 0 aliphatic rings. The van der Waals surface area contributed by atoms with Crippen molar-refractivity contribution in [2.45, 2.75) is 0 Å². The molecule has 0 aliphatic heterocycles. The number of furan rings is 2. The highest BCUT2D eigenvalue weighted by Crippen LogP contribution is 2.54. The van der Waals surface area contributed by atoms with Crippen molar-refractivity contribution in [3.8, 4) is 22.3 Å². The predicted octanol–water partition coefficient (Wildman–Crippen LogP) is 18.2. The Bertz CT molecular complexity index is 4120. The predicted molar refractivity (Wildman–Crippen MR) is 268 cm³/mol. The van der Waals surface area contributed by atoms with Crippen LogP contribution in [0.5, 0.6) is 0 Å². The first kappa shape index (κ1) is 33.2. The molecule has 0 N–H and O–H groups in total. The van der Waals surface area contributed by atoms with Gasteiger partial charge in [0.1, 0.15) is 22.3 Å². The van der Waals surface area contributed by atoms with Gasteiger partial charge < -0.3 is 8.83 Å². The van der Waals surface area contributed by atoms with E-state index in [4.69, 9.17) is 8.83 Å². The molecule has 0 aliphatic carbocycles. The Morgan fingerprint density at radius 1 is 0.290 bits per heavy atom. The molecular weight excluding hydrogens is 793 g/mol. The lowest BCUT2D eigenvalue weighted by atomic mass is 9.83. The molecule has 0 bridgehead atoms. The Balaban J connectivity index is 1.11. The van der Waals surface area contributed by atoms with Gasteiger partial charge in [-0.3, -0.25) is 0 Å². The average molecular weight is 823 g/mol. The van der Waals surface area contributed by atoms with Crippen molar-refractivity contribution < 1.29 is 8.83 Å². The number of rotatable bonds is 2. The molecule has 11 aromatic carbocycles. The van der Waals surface area contributed by atoms with Gasteiger partial charge in [0.25, 0.3) is 0 Å². The molecule has 0 fully saturated rings. The van der Waals surface area contributed by atoms with Crippen molar-refractivity contribution in [2.24, 2.45) is 0 Å². The Morgan fingerprint density at radius 2 is 0.774 bits per heavy atom. The zero-order valence-corrected chi connectivity index (χ0v) is 34.6. The molecule has 0 atom stereocenters. The van der Waals surface area contributed by atoms with E-state index in [2.05, 4.69) is 176 Å². The summed E-state index contributed by atoms with van der Waals surface area (Å²) >= 11 is 3.81. The topological polar surface area (TPSA) is 26.3 Å². The number of para-hydroxylation sites is 2. The molecule has 2 nitrogen and oxygen atoms in total. The molecule has 15 rings (SSSR count). The smallest absolute Gasteiger partial charge is 0.143 e. The number of benzene rings is 11. The Labute approximate surface area is 361 Å². The number of hydrogen-bond donors (Lipinski definition) is 0. The minimum absolute atomic E-state index is 0.877. The minimum atomic E-state index is 0.877. The molecular formula is C58H30O2S2. The van der Waals surface area contributed by atoms with E-state index in [1.165, 1.54) is 89.4 Å². The second-order valence-corrected chi connectivity index (χ2v) is 18.7. The van der Waals surface area contributed by atoms with Crippen LogP contribution in [0.3, 0.4) is 0 Å². The molecule has 0 saturated heterocycles. The molecule has 4 heterocycles. The fourth-order valence-corrected chi connectivity index (χ4v) is 13.3. The van der Waals surface area contributed by atoms with E-state index in [1.807, 2.05) is 28.7 Å². The van der Waals surface area contributed by atoms with Crippen molar-refractivity contribution in [3.63, 3.8) is 0 Å². The molecule has 0 spiro atoms. The number of hydrogen-bond acceptors (Lipinski definition) is 4. The molecule has 0 radical (unpaired) electrons. The van der Waals surface area contributed by atoms with E-state index in [9.17, 15) is 0 Å². The maximum absolute atomic E-state index is 7.07. The Kier molecular flexibility index (Phi) is 6.48. The summed E-state index contributed by atoms with van der Waals surface area (Å²) in [4.78, 5) is 0. The van der Waals surface area contributed by atoms with E-state index in [0.717, 1.165) is 60.2 Å². The normalized spacial score (nSPS) is 12.5. The van der Waals surface area contributed by atoms with Crippen LogP contribution in [0, 0.1) is 0 Å². The summed E-state index contributed by atoms with van der Waals surface area (Å²) in [5, 5.41) is 19.6. The number of thiophene rings is 2. The SMILES string of the molecule is c1ccc2c(c1)oc1ccc3cc(-c4c5ccccc5c(-c5cc6ccc7sc8ccccc8c7c6c6c5sc5ccccc56)c5ccccc45)c4oc5ccccc5c4c3c12. The largest absolute Gasteiger partial charge is 0.456 e. The van der Waals surface area contributed by atoms with Crippen LogP contribution >= 0.6 is 22.7 Å². The summed E-state index contributed by atoms with van der Waals surface area (Å²) in [6.07, 6.45) is 0. The van der Waals surface area contributed by atoms with Gasteiger partial charge in [0.05, 0.1) is 0 Å². The van der Waals surface area contributed by atoms with Gasteiger partial charge in [-0.1, -0.05) is 133 Å². The van der Waals surface area contributed by atoms with Crippen LogP contribution in [-0.2, 0) is 0 Å². The van der Waals surface area contributed by atoms with Crippen molar-refractivity contribution >= 4 is 150 Å². The third-order valence-corrected chi connectivity index (χ3v) is 15.7. The summed E-state index contributed by atoms with van der Waals surface area (Å²) in [6.45, 7) is 0. The van der Waals surface area contributed by atoms with E-state index in [0.29, 0.717) is 0 Å². The molecule has 15 aromatic rings. The van der Waals surface area contributed by atoms with Crippen LogP contribution < -0.4 is 0 Å². The van der Waals surface area contributed by atoms with E-state index in [1.54, 1.807) is 0 Å². The lowest BCUT2D eigenvalue weighted by molar-refractivity contribution is 0.669. The Hall–Kier alpha value is -7.50. The van der Waals surface area contributed by atoms with Crippen LogP contribution in [0.25, 0.3) is 150 Å². The van der Waals surface area contributed by atoms with Crippen LogP contribution in [0.4, 0.5) is 0 Å². The summed E-state index contributed by atoms with van der Waals surface area (Å²) in [5.74, 6) is 0. The molecule has 4 aromatic heterocycles. The highest BCUT2D eigenvalue weighted by molar-refractivity contribution is 7.27. The third-order valence-electron chi connectivity index (χ3n) is 13.4. The fourth-order valence-electron chi connectivity index (χ4n) is 10.9. The molecule has 0 saturated carbocycles. The second-order valence-electron chi connectivity index (χ2n) is 16.6. The highest BCUT2D eigenvalue weighted by atomic mass is 32.1. The highest BCUT2D eigenvalue weighted by Gasteiger charge is 2.26. The zero-order valence-electron chi connectivity index (χ0n) is 33.0. The maximum atomic E-state index is 7.07. The van der Waals surface area contributed by atoms with Crippen LogP contribution in [0.1, 0.15) is 0 Å². The van der Waals surface area contributed by atoms with E-state index in [-0.39, 0.29) is 0 Å². The minimum Gasteiger partial charge on any atom is -0.456 e. The van der Waals surface area contributed by atoms with Gasteiger partial charge >= 0.3 is 0 Å². The van der Waals surface area contributed by atoms with Crippen LogP contribution in [0.2, 0.25) is 0 Å². The summed E-state index contributed by atoms with van der Waals surface area (Å²) in [7, 11) is 0. The van der Waals surface area contributed by atoms with Gasteiger partial charge in [0.2, 0.25) is 0 Å². The van der Waals surface area contributed by atoms with Gasteiger partial charge in [-0.05, 0) is 86.4 Å².